The van der Waals surface area contributed by atoms with Gasteiger partial charge in [0.25, 0.3) is 0 Å². The topological polar surface area (TPSA) is 82.0 Å². The Morgan fingerprint density at radius 2 is 1.80 bits per heavy atom. The van der Waals surface area contributed by atoms with Crippen LogP contribution >= 0.6 is 0 Å². The maximum atomic E-state index is 12.4. The second-order valence-corrected chi connectivity index (χ2v) is 6.91. The lowest BCUT2D eigenvalue weighted by Gasteiger charge is -2.19. The first-order valence-corrected chi connectivity index (χ1v) is 9.64. The number of fused-ring (bicyclic) bond motifs is 4. The molecule has 1 aromatic heterocycles. The number of rotatable bonds is 5. The molecule has 0 unspecified atom stereocenters. The number of carbonyl (C=O) groups is 1. The summed E-state index contributed by atoms with van der Waals surface area (Å²) >= 11 is 0. The zero-order chi connectivity index (χ0) is 20.5. The van der Waals surface area contributed by atoms with Gasteiger partial charge in [0, 0.05) is 28.6 Å². The number of methoxy groups -OCH3 is 1. The van der Waals surface area contributed by atoms with Gasteiger partial charge < -0.3 is 29.3 Å². The molecule has 0 saturated heterocycles. The molecular formula is C23H20N2O5. The van der Waals surface area contributed by atoms with Gasteiger partial charge in [0.1, 0.15) is 30.1 Å². The molecule has 0 atom stereocenters. The zero-order valence-corrected chi connectivity index (χ0v) is 16.4. The minimum absolute atomic E-state index is 0.0660. The molecule has 1 aliphatic heterocycles. The number of hydrogen-bond acceptors (Lipinski definition) is 6. The predicted octanol–water partition coefficient (Wildman–Crippen LogP) is 4.42. The molecule has 7 heteroatoms. The monoisotopic (exact) mass is 404 g/mol. The van der Waals surface area contributed by atoms with Crippen LogP contribution in [0.15, 0.2) is 59.0 Å². The molecule has 7 nitrogen and oxygen atoms in total. The average molecular weight is 404 g/mol. The molecule has 2 N–H and O–H groups in total. The van der Waals surface area contributed by atoms with Gasteiger partial charge in [-0.25, -0.2) is 0 Å². The summed E-state index contributed by atoms with van der Waals surface area (Å²) < 4.78 is 22.5. The Bertz CT molecular complexity index is 1250. The van der Waals surface area contributed by atoms with Gasteiger partial charge in [0.2, 0.25) is 5.91 Å². The van der Waals surface area contributed by atoms with Crippen LogP contribution in [0.25, 0.3) is 21.9 Å². The third-order valence-corrected chi connectivity index (χ3v) is 4.96. The zero-order valence-electron chi connectivity index (χ0n) is 16.4. The van der Waals surface area contributed by atoms with Gasteiger partial charge in [0.05, 0.1) is 19.3 Å². The normalized spacial score (nSPS) is 12.7. The number of hydrogen-bond donors (Lipinski definition) is 2. The van der Waals surface area contributed by atoms with Gasteiger partial charge in [0.15, 0.2) is 11.5 Å². The highest BCUT2D eigenvalue weighted by atomic mass is 16.6. The van der Waals surface area contributed by atoms with Crippen LogP contribution in [0.5, 0.6) is 17.2 Å². The van der Waals surface area contributed by atoms with Gasteiger partial charge in [-0.3, -0.25) is 4.79 Å². The molecular weight excluding hydrogens is 384 g/mol. The maximum Gasteiger partial charge on any atom is 0.243 e. The molecule has 2 heterocycles. The van der Waals surface area contributed by atoms with Crippen molar-refractivity contribution in [2.24, 2.45) is 0 Å². The highest BCUT2D eigenvalue weighted by Gasteiger charge is 2.15. The van der Waals surface area contributed by atoms with Crippen LogP contribution in [0.1, 0.15) is 0 Å². The van der Waals surface area contributed by atoms with Gasteiger partial charge >= 0.3 is 0 Å². The molecule has 3 aromatic carbocycles. The third-order valence-electron chi connectivity index (χ3n) is 4.96. The summed E-state index contributed by atoms with van der Waals surface area (Å²) in [5.41, 5.74) is 2.86. The van der Waals surface area contributed by atoms with Gasteiger partial charge in [-0.2, -0.15) is 0 Å². The minimum Gasteiger partial charge on any atom is -0.495 e. The molecule has 5 rings (SSSR count). The first-order valence-electron chi connectivity index (χ1n) is 9.64. The van der Waals surface area contributed by atoms with Crippen molar-refractivity contribution in [3.63, 3.8) is 0 Å². The number of ether oxygens (including phenoxy) is 3. The van der Waals surface area contributed by atoms with E-state index < -0.39 is 0 Å². The molecule has 1 amide bonds. The summed E-state index contributed by atoms with van der Waals surface area (Å²) in [4.78, 5) is 12.4. The predicted molar refractivity (Wildman–Crippen MR) is 115 cm³/mol. The summed E-state index contributed by atoms with van der Waals surface area (Å²) in [5.74, 6) is 1.75. The molecule has 0 radical (unpaired) electrons. The summed E-state index contributed by atoms with van der Waals surface area (Å²) in [6.07, 6.45) is 0. The Balaban J connectivity index is 1.32. The molecule has 0 bridgehead atoms. The Labute approximate surface area is 172 Å². The van der Waals surface area contributed by atoms with E-state index in [0.29, 0.717) is 41.8 Å². The van der Waals surface area contributed by atoms with Crippen molar-refractivity contribution in [3.05, 3.63) is 54.6 Å². The fourth-order valence-corrected chi connectivity index (χ4v) is 3.56. The SMILES string of the molecule is COc1cc2c(cc1NCC(=O)Nc1ccc3c(c1)OCCO3)oc1ccccc12. The highest BCUT2D eigenvalue weighted by molar-refractivity contribution is 6.06. The molecule has 0 fully saturated rings. The van der Waals surface area contributed by atoms with Crippen LogP contribution in [0.4, 0.5) is 11.4 Å². The number of carbonyl (C=O) groups excluding carboxylic acids is 1. The van der Waals surface area contributed by atoms with Crippen LogP contribution < -0.4 is 24.8 Å². The Kier molecular flexibility index (Phi) is 4.55. The van der Waals surface area contributed by atoms with Crippen LogP contribution in [-0.2, 0) is 4.79 Å². The summed E-state index contributed by atoms with van der Waals surface area (Å²) in [7, 11) is 1.60. The number of furan rings is 1. The van der Waals surface area contributed by atoms with Crippen molar-refractivity contribution in [1.82, 2.24) is 0 Å². The van der Waals surface area contributed by atoms with Crippen molar-refractivity contribution < 1.29 is 23.4 Å². The second-order valence-electron chi connectivity index (χ2n) is 6.91. The molecule has 1 aliphatic rings. The molecule has 0 spiro atoms. The maximum absolute atomic E-state index is 12.4. The smallest absolute Gasteiger partial charge is 0.243 e. The van der Waals surface area contributed by atoms with Crippen LogP contribution in [0.2, 0.25) is 0 Å². The van der Waals surface area contributed by atoms with Gasteiger partial charge in [-0.05, 0) is 24.3 Å². The molecule has 4 aromatic rings. The summed E-state index contributed by atoms with van der Waals surface area (Å²) in [6, 6.07) is 16.9. The minimum atomic E-state index is -0.196. The lowest BCUT2D eigenvalue weighted by Crippen LogP contribution is -2.22. The standard InChI is InChI=1S/C23H20N2O5/c1-27-21-11-16-15-4-2-3-5-18(15)30-20(16)12-17(21)24-13-23(26)25-14-6-7-19-22(10-14)29-9-8-28-19/h2-7,10-12,24H,8-9,13H2,1H3,(H,25,26). The molecule has 152 valence electrons. The lowest BCUT2D eigenvalue weighted by atomic mass is 10.1. The summed E-state index contributed by atoms with van der Waals surface area (Å²) in [5, 5.41) is 7.98. The number of para-hydroxylation sites is 1. The Hall–Kier alpha value is -3.87. The third kappa shape index (κ3) is 3.34. The second kappa shape index (κ2) is 7.51. The Morgan fingerprint density at radius 1 is 0.967 bits per heavy atom. The first kappa shape index (κ1) is 18.2. The van der Waals surface area contributed by atoms with E-state index in [9.17, 15) is 4.79 Å². The average Bonchev–Trinajstić information content (AvgIpc) is 3.14. The number of anilines is 2. The van der Waals surface area contributed by atoms with Crippen molar-refractivity contribution in [2.75, 3.05) is 37.5 Å². The molecule has 0 aliphatic carbocycles. The fourth-order valence-electron chi connectivity index (χ4n) is 3.56. The quantitative estimate of drug-likeness (QED) is 0.513. The van der Waals surface area contributed by atoms with Crippen LogP contribution in [0.3, 0.4) is 0 Å². The van der Waals surface area contributed by atoms with E-state index in [1.165, 1.54) is 0 Å². The largest absolute Gasteiger partial charge is 0.495 e. The van der Waals surface area contributed by atoms with Crippen molar-refractivity contribution >= 4 is 39.2 Å². The highest BCUT2D eigenvalue weighted by Crippen LogP contribution is 2.36. The van der Waals surface area contributed by atoms with E-state index in [-0.39, 0.29) is 12.5 Å². The van der Waals surface area contributed by atoms with Crippen molar-refractivity contribution in [3.8, 4) is 17.2 Å². The van der Waals surface area contributed by atoms with Gasteiger partial charge in [-0.15, -0.1) is 0 Å². The molecule has 30 heavy (non-hydrogen) atoms. The summed E-state index contributed by atoms with van der Waals surface area (Å²) in [6.45, 7) is 1.09. The number of benzene rings is 3. The number of amides is 1. The van der Waals surface area contributed by atoms with E-state index in [4.69, 9.17) is 18.6 Å². The van der Waals surface area contributed by atoms with Crippen molar-refractivity contribution in [1.29, 1.82) is 0 Å². The van der Waals surface area contributed by atoms with Crippen molar-refractivity contribution in [2.45, 2.75) is 0 Å². The van der Waals surface area contributed by atoms with E-state index in [0.717, 1.165) is 21.9 Å². The van der Waals surface area contributed by atoms with E-state index in [2.05, 4.69) is 10.6 Å². The first-order chi connectivity index (χ1) is 14.7. The number of nitrogens with one attached hydrogen (secondary N) is 2. The van der Waals surface area contributed by atoms with Crippen LogP contribution in [0, 0.1) is 0 Å². The van der Waals surface area contributed by atoms with E-state index >= 15 is 0 Å². The molecule has 0 saturated carbocycles. The van der Waals surface area contributed by atoms with Crippen LogP contribution in [-0.4, -0.2) is 32.8 Å². The Morgan fingerprint density at radius 3 is 2.67 bits per heavy atom. The van der Waals surface area contributed by atoms with E-state index in [1.807, 2.05) is 36.4 Å². The van der Waals surface area contributed by atoms with Gasteiger partial charge in [-0.1, -0.05) is 18.2 Å². The lowest BCUT2D eigenvalue weighted by molar-refractivity contribution is -0.114. The van der Waals surface area contributed by atoms with E-state index in [1.54, 1.807) is 25.3 Å². The fraction of sp³-hybridized carbons (Fsp3) is 0.174.